The van der Waals surface area contributed by atoms with Gasteiger partial charge in [0, 0.05) is 6.42 Å². The molecule has 0 aliphatic heterocycles. The number of rotatable bonds is 8. The molecule has 0 bridgehead atoms. The number of terminal acetylenes is 1. The van der Waals surface area contributed by atoms with Crippen LogP contribution >= 0.6 is 0 Å². The van der Waals surface area contributed by atoms with Crippen LogP contribution in [0.25, 0.3) is 0 Å². The second-order valence-corrected chi connectivity index (χ2v) is 4.29. The quantitative estimate of drug-likeness (QED) is 0.504. The highest BCUT2D eigenvalue weighted by atomic mass is 16.4. The van der Waals surface area contributed by atoms with Crippen LogP contribution in [0.1, 0.15) is 23.3 Å². The lowest BCUT2D eigenvalue weighted by Gasteiger charge is -2.13. The van der Waals surface area contributed by atoms with Crippen LogP contribution in [0.5, 0.6) is 0 Å². The molecule has 0 saturated carbocycles. The summed E-state index contributed by atoms with van der Waals surface area (Å²) in [4.78, 5) is 37.2. The van der Waals surface area contributed by atoms with Gasteiger partial charge in [0.2, 0.25) is 0 Å². The maximum absolute atomic E-state index is 11.9. The van der Waals surface area contributed by atoms with Gasteiger partial charge in [-0.1, -0.05) is 5.92 Å². The van der Waals surface area contributed by atoms with E-state index in [2.05, 4.69) is 21.5 Å². The average Bonchev–Trinajstić information content (AvgIpc) is 2.49. The Balaban J connectivity index is 2.67. The van der Waals surface area contributed by atoms with Gasteiger partial charge in [-0.15, -0.1) is 6.42 Å². The summed E-state index contributed by atoms with van der Waals surface area (Å²) in [6, 6.07) is 1.70. The summed E-state index contributed by atoms with van der Waals surface area (Å²) < 4.78 is 0. The van der Waals surface area contributed by atoms with Gasteiger partial charge >= 0.3 is 11.9 Å². The van der Waals surface area contributed by atoms with Crippen LogP contribution in [-0.2, 0) is 9.59 Å². The van der Waals surface area contributed by atoms with Crippen molar-refractivity contribution in [3.63, 3.8) is 0 Å². The van der Waals surface area contributed by atoms with Crippen molar-refractivity contribution in [2.45, 2.75) is 18.9 Å². The predicted molar refractivity (Wildman–Crippen MR) is 77.3 cm³/mol. The first-order valence-electron chi connectivity index (χ1n) is 6.33. The van der Waals surface area contributed by atoms with Crippen molar-refractivity contribution >= 4 is 23.5 Å². The Hall–Kier alpha value is -3.08. The number of pyridine rings is 1. The van der Waals surface area contributed by atoms with Crippen LogP contribution < -0.4 is 10.6 Å². The van der Waals surface area contributed by atoms with Gasteiger partial charge in [0.1, 0.15) is 11.7 Å². The monoisotopic (exact) mass is 305 g/mol. The Bertz CT molecular complexity index is 591. The molecule has 0 aliphatic carbocycles. The molecule has 1 aromatic heterocycles. The Morgan fingerprint density at radius 1 is 1.32 bits per heavy atom. The van der Waals surface area contributed by atoms with Crippen LogP contribution in [0, 0.1) is 12.3 Å². The molecule has 0 saturated heterocycles. The van der Waals surface area contributed by atoms with Crippen LogP contribution in [-0.4, -0.2) is 45.6 Å². The first-order chi connectivity index (χ1) is 10.4. The molecule has 0 radical (unpaired) electrons. The van der Waals surface area contributed by atoms with Gasteiger partial charge in [0.15, 0.2) is 0 Å². The SMILES string of the molecule is C#CCNc1ccc(C(=O)N[C@@H](CCC(=O)O)C(=O)O)nc1. The van der Waals surface area contributed by atoms with Gasteiger partial charge in [-0.3, -0.25) is 9.59 Å². The molecule has 0 aliphatic rings. The molecule has 0 spiro atoms. The maximum atomic E-state index is 11.9. The molecule has 1 atom stereocenters. The maximum Gasteiger partial charge on any atom is 0.326 e. The van der Waals surface area contributed by atoms with E-state index in [9.17, 15) is 14.4 Å². The number of aromatic nitrogens is 1. The third-order valence-corrected chi connectivity index (χ3v) is 2.64. The number of carboxylic acid groups (broad SMARTS) is 2. The normalized spacial score (nSPS) is 11.0. The van der Waals surface area contributed by atoms with Gasteiger partial charge in [-0.25, -0.2) is 9.78 Å². The summed E-state index contributed by atoms with van der Waals surface area (Å²) in [5.74, 6) is -0.750. The molecule has 8 heteroatoms. The van der Waals surface area contributed by atoms with E-state index in [1.165, 1.54) is 12.3 Å². The Morgan fingerprint density at radius 2 is 2.05 bits per heavy atom. The molecule has 22 heavy (non-hydrogen) atoms. The van der Waals surface area contributed by atoms with E-state index in [1.54, 1.807) is 6.07 Å². The molecule has 1 amide bonds. The van der Waals surface area contributed by atoms with Crippen LogP contribution in [0.2, 0.25) is 0 Å². The van der Waals surface area contributed by atoms with E-state index in [-0.39, 0.29) is 18.5 Å². The summed E-state index contributed by atoms with van der Waals surface area (Å²) in [5, 5.41) is 22.6. The summed E-state index contributed by atoms with van der Waals surface area (Å²) in [5.41, 5.74) is 0.642. The number of carbonyl (C=O) groups is 3. The number of carbonyl (C=O) groups excluding carboxylic acids is 1. The zero-order valence-corrected chi connectivity index (χ0v) is 11.6. The molecule has 0 unspecified atom stereocenters. The molecule has 0 aromatic carbocycles. The molecular weight excluding hydrogens is 290 g/mol. The van der Waals surface area contributed by atoms with Crippen LogP contribution in [0.15, 0.2) is 18.3 Å². The fraction of sp³-hybridized carbons (Fsp3) is 0.286. The lowest BCUT2D eigenvalue weighted by Crippen LogP contribution is -2.41. The van der Waals surface area contributed by atoms with Crippen molar-refractivity contribution in [1.82, 2.24) is 10.3 Å². The Kier molecular flexibility index (Phi) is 6.37. The minimum absolute atomic E-state index is 0.0211. The topological polar surface area (TPSA) is 129 Å². The molecule has 1 heterocycles. The molecule has 0 fully saturated rings. The number of carboxylic acids is 2. The van der Waals surface area contributed by atoms with E-state index in [0.717, 1.165) is 0 Å². The van der Waals surface area contributed by atoms with Crippen molar-refractivity contribution in [1.29, 1.82) is 0 Å². The minimum atomic E-state index is -1.30. The average molecular weight is 305 g/mol. The van der Waals surface area contributed by atoms with Crippen LogP contribution in [0.3, 0.4) is 0 Å². The second kappa shape index (κ2) is 8.26. The van der Waals surface area contributed by atoms with Crippen molar-refractivity contribution in [3.05, 3.63) is 24.0 Å². The number of anilines is 1. The summed E-state index contributed by atoms with van der Waals surface area (Å²) >= 11 is 0. The van der Waals surface area contributed by atoms with E-state index in [4.69, 9.17) is 16.6 Å². The first kappa shape index (κ1) is 17.0. The highest BCUT2D eigenvalue weighted by Gasteiger charge is 2.22. The lowest BCUT2D eigenvalue weighted by molar-refractivity contribution is -0.140. The molecule has 1 aromatic rings. The summed E-state index contributed by atoms with van der Waals surface area (Å²) in [6.07, 6.45) is 5.91. The standard InChI is InChI=1S/C14H15N3O5/c1-2-7-15-9-3-4-10(16-8-9)13(20)17-11(14(21)22)5-6-12(18)19/h1,3-4,8,11,15H,5-7H2,(H,17,20)(H,18,19)(H,21,22)/t11-/m0/s1. The third kappa shape index (κ3) is 5.50. The van der Waals surface area contributed by atoms with E-state index in [0.29, 0.717) is 12.2 Å². The largest absolute Gasteiger partial charge is 0.481 e. The van der Waals surface area contributed by atoms with Gasteiger partial charge in [-0.05, 0) is 18.6 Å². The number of nitrogens with zero attached hydrogens (tertiary/aromatic N) is 1. The summed E-state index contributed by atoms with van der Waals surface area (Å²) in [7, 11) is 0. The smallest absolute Gasteiger partial charge is 0.326 e. The van der Waals surface area contributed by atoms with Gasteiger partial charge in [-0.2, -0.15) is 0 Å². The highest BCUT2D eigenvalue weighted by Crippen LogP contribution is 2.06. The Morgan fingerprint density at radius 3 is 2.55 bits per heavy atom. The predicted octanol–water partition coefficient (Wildman–Crippen LogP) is 0.174. The van der Waals surface area contributed by atoms with Crippen molar-refractivity contribution in [2.75, 3.05) is 11.9 Å². The van der Waals surface area contributed by atoms with Gasteiger partial charge < -0.3 is 20.8 Å². The van der Waals surface area contributed by atoms with Crippen molar-refractivity contribution < 1.29 is 24.6 Å². The van der Waals surface area contributed by atoms with Crippen LogP contribution in [0.4, 0.5) is 5.69 Å². The number of nitrogens with one attached hydrogen (secondary N) is 2. The highest BCUT2D eigenvalue weighted by molar-refractivity contribution is 5.95. The van der Waals surface area contributed by atoms with E-state index >= 15 is 0 Å². The Labute approximate surface area is 126 Å². The zero-order chi connectivity index (χ0) is 16.5. The second-order valence-electron chi connectivity index (χ2n) is 4.29. The number of amides is 1. The first-order valence-corrected chi connectivity index (χ1v) is 6.33. The fourth-order valence-corrected chi connectivity index (χ4v) is 1.54. The van der Waals surface area contributed by atoms with Crippen molar-refractivity contribution in [3.8, 4) is 12.3 Å². The zero-order valence-electron chi connectivity index (χ0n) is 11.6. The molecule has 8 nitrogen and oxygen atoms in total. The third-order valence-electron chi connectivity index (χ3n) is 2.64. The number of hydrogen-bond donors (Lipinski definition) is 4. The van der Waals surface area contributed by atoms with E-state index < -0.39 is 23.9 Å². The molecule has 1 rings (SSSR count). The van der Waals surface area contributed by atoms with Gasteiger partial charge in [0.25, 0.3) is 5.91 Å². The minimum Gasteiger partial charge on any atom is -0.481 e. The van der Waals surface area contributed by atoms with Crippen molar-refractivity contribution in [2.24, 2.45) is 0 Å². The van der Waals surface area contributed by atoms with E-state index in [1.807, 2.05) is 0 Å². The molecular formula is C14H15N3O5. The van der Waals surface area contributed by atoms with Gasteiger partial charge in [0.05, 0.1) is 18.4 Å². The number of aliphatic carboxylic acids is 2. The molecule has 4 N–H and O–H groups in total. The lowest BCUT2D eigenvalue weighted by atomic mass is 10.1. The summed E-state index contributed by atoms with van der Waals surface area (Å²) in [6.45, 7) is 0.309. The molecule has 116 valence electrons. The number of hydrogen-bond acceptors (Lipinski definition) is 5. The fourth-order valence-electron chi connectivity index (χ4n) is 1.54.